The molecule has 10 heavy (non-hydrogen) atoms. The minimum atomic E-state index is -0.176. The first kappa shape index (κ1) is 10.1. The summed E-state index contributed by atoms with van der Waals surface area (Å²) in [6.07, 6.45) is 4.43. The van der Waals surface area contributed by atoms with Crippen molar-refractivity contribution in [2.24, 2.45) is 0 Å². The lowest BCUT2D eigenvalue weighted by Crippen LogP contribution is -2.05. The molecule has 0 aromatic rings. The molecule has 2 nitrogen and oxygen atoms in total. The summed E-state index contributed by atoms with van der Waals surface area (Å²) >= 11 is 0. The van der Waals surface area contributed by atoms with Crippen LogP contribution in [0, 0.1) is 0 Å². The molecule has 0 aliphatic rings. The van der Waals surface area contributed by atoms with Crippen LogP contribution >= 0.6 is 8.69 Å². The zero-order valence-electron chi connectivity index (χ0n) is 6.67. The van der Waals surface area contributed by atoms with Gasteiger partial charge in [-0.15, -0.1) is 0 Å². The van der Waals surface area contributed by atoms with Gasteiger partial charge in [-0.05, 0) is 12.8 Å². The molecule has 0 aliphatic carbocycles. The van der Waals surface area contributed by atoms with Crippen molar-refractivity contribution in [3.63, 3.8) is 0 Å². The van der Waals surface area contributed by atoms with Crippen molar-refractivity contribution >= 4 is 8.69 Å². The standard InChI is InChI=1S/C7H15O2P/c1-3-5-7(6-4-2)9-10-8/h7H,3-6H2,1-2H3. The van der Waals surface area contributed by atoms with Crippen LogP contribution in [-0.2, 0) is 9.09 Å². The van der Waals surface area contributed by atoms with Gasteiger partial charge in [-0.3, -0.25) is 4.52 Å². The van der Waals surface area contributed by atoms with Crippen LogP contribution in [0.2, 0.25) is 0 Å². The molecule has 0 fully saturated rings. The lowest BCUT2D eigenvalue weighted by Gasteiger charge is -2.09. The Morgan fingerprint density at radius 2 is 1.80 bits per heavy atom. The van der Waals surface area contributed by atoms with Gasteiger partial charge in [0.1, 0.15) is 0 Å². The van der Waals surface area contributed by atoms with Crippen molar-refractivity contribution in [1.29, 1.82) is 0 Å². The molecular weight excluding hydrogens is 147 g/mol. The van der Waals surface area contributed by atoms with Crippen LogP contribution in [0.1, 0.15) is 39.5 Å². The monoisotopic (exact) mass is 162 g/mol. The fourth-order valence-electron chi connectivity index (χ4n) is 0.955. The predicted molar refractivity (Wildman–Crippen MR) is 42.3 cm³/mol. The number of rotatable bonds is 6. The smallest absolute Gasteiger partial charge is 0.291 e. The summed E-state index contributed by atoms with van der Waals surface area (Å²) in [7, 11) is -0.176. The van der Waals surface area contributed by atoms with Gasteiger partial charge in [0, 0.05) is 0 Å². The third kappa shape index (κ3) is 4.89. The first-order valence-electron chi connectivity index (χ1n) is 3.83. The lowest BCUT2D eigenvalue weighted by molar-refractivity contribution is 0.199. The van der Waals surface area contributed by atoms with E-state index in [1.165, 1.54) is 0 Å². The Morgan fingerprint density at radius 3 is 2.10 bits per heavy atom. The molecular formula is C7H15O2P. The molecule has 0 amide bonds. The van der Waals surface area contributed by atoms with Gasteiger partial charge in [-0.2, -0.15) is 0 Å². The average molecular weight is 162 g/mol. The van der Waals surface area contributed by atoms with Crippen molar-refractivity contribution in [2.45, 2.75) is 45.6 Å². The van der Waals surface area contributed by atoms with Crippen LogP contribution in [0.3, 0.4) is 0 Å². The second kappa shape index (κ2) is 7.17. The van der Waals surface area contributed by atoms with Gasteiger partial charge >= 0.3 is 8.69 Å². The Hall–Kier alpha value is 0.0600. The fourth-order valence-corrected chi connectivity index (χ4v) is 1.29. The van der Waals surface area contributed by atoms with Crippen LogP contribution in [0.15, 0.2) is 0 Å². The maximum absolute atomic E-state index is 10.0. The maximum atomic E-state index is 10.0. The van der Waals surface area contributed by atoms with E-state index in [4.69, 9.17) is 4.52 Å². The third-order valence-corrected chi connectivity index (χ3v) is 1.80. The van der Waals surface area contributed by atoms with Gasteiger partial charge in [0.2, 0.25) is 0 Å². The van der Waals surface area contributed by atoms with E-state index in [9.17, 15) is 4.57 Å². The Morgan fingerprint density at radius 1 is 1.30 bits per heavy atom. The second-order valence-corrected chi connectivity index (χ2v) is 2.74. The van der Waals surface area contributed by atoms with E-state index in [0.29, 0.717) is 0 Å². The largest absolute Gasteiger partial charge is 0.327 e. The minimum Gasteiger partial charge on any atom is -0.291 e. The molecule has 0 heterocycles. The zero-order chi connectivity index (χ0) is 7.82. The van der Waals surface area contributed by atoms with Crippen LogP contribution in [0.25, 0.3) is 0 Å². The first-order chi connectivity index (χ1) is 4.85. The molecule has 0 rings (SSSR count). The normalized spacial score (nSPS) is 11.1. The van der Waals surface area contributed by atoms with E-state index in [0.717, 1.165) is 25.7 Å². The molecule has 0 spiro atoms. The molecule has 0 atom stereocenters. The molecule has 0 radical (unpaired) electrons. The van der Waals surface area contributed by atoms with Crippen molar-refractivity contribution in [1.82, 2.24) is 0 Å². The van der Waals surface area contributed by atoms with Crippen molar-refractivity contribution in [3.05, 3.63) is 0 Å². The zero-order valence-corrected chi connectivity index (χ0v) is 7.56. The summed E-state index contributed by atoms with van der Waals surface area (Å²) in [5.74, 6) is 0. The highest BCUT2D eigenvalue weighted by molar-refractivity contribution is 7.17. The maximum Gasteiger partial charge on any atom is 0.327 e. The van der Waals surface area contributed by atoms with Gasteiger partial charge in [-0.25, -0.2) is 4.57 Å². The van der Waals surface area contributed by atoms with E-state index < -0.39 is 0 Å². The molecule has 0 aromatic heterocycles. The Labute approximate surface area is 64.2 Å². The highest BCUT2D eigenvalue weighted by Crippen LogP contribution is 2.13. The van der Waals surface area contributed by atoms with E-state index >= 15 is 0 Å². The van der Waals surface area contributed by atoms with Crippen molar-refractivity contribution in [2.75, 3.05) is 0 Å². The number of hydrogen-bond donors (Lipinski definition) is 0. The highest BCUT2D eigenvalue weighted by atomic mass is 31.1. The Bertz CT molecular complexity index is 79.7. The summed E-state index contributed by atoms with van der Waals surface area (Å²) in [4.78, 5) is 0. The van der Waals surface area contributed by atoms with Crippen LogP contribution in [-0.4, -0.2) is 6.10 Å². The van der Waals surface area contributed by atoms with Crippen LogP contribution in [0.4, 0.5) is 0 Å². The number of hydrogen-bond acceptors (Lipinski definition) is 2. The van der Waals surface area contributed by atoms with Gasteiger partial charge in [0.25, 0.3) is 0 Å². The Balaban J connectivity index is 3.38. The second-order valence-electron chi connectivity index (χ2n) is 2.38. The van der Waals surface area contributed by atoms with Crippen LogP contribution < -0.4 is 0 Å². The molecule has 0 unspecified atom stereocenters. The molecule has 0 aromatic carbocycles. The van der Waals surface area contributed by atoms with E-state index in [-0.39, 0.29) is 14.8 Å². The lowest BCUT2D eigenvalue weighted by atomic mass is 10.1. The van der Waals surface area contributed by atoms with Gasteiger partial charge in [0.05, 0.1) is 6.10 Å². The quantitative estimate of drug-likeness (QED) is 0.560. The minimum absolute atomic E-state index is 0.176. The molecule has 0 saturated heterocycles. The molecule has 0 aliphatic heterocycles. The Kier molecular flexibility index (Phi) is 7.21. The highest BCUT2D eigenvalue weighted by Gasteiger charge is 2.05. The molecule has 3 heteroatoms. The SMILES string of the molecule is CCCC(CCC)OP=O. The topological polar surface area (TPSA) is 26.3 Å². The first-order valence-corrected chi connectivity index (χ1v) is 4.56. The summed E-state index contributed by atoms with van der Waals surface area (Å²) in [6, 6.07) is 0. The fraction of sp³-hybridized carbons (Fsp3) is 1.00. The molecule has 60 valence electrons. The predicted octanol–water partition coefficient (Wildman–Crippen LogP) is 3.18. The average Bonchev–Trinajstić information content (AvgIpc) is 1.90. The summed E-state index contributed by atoms with van der Waals surface area (Å²) < 4.78 is 15.0. The molecule has 0 bridgehead atoms. The van der Waals surface area contributed by atoms with Crippen molar-refractivity contribution in [3.8, 4) is 0 Å². The van der Waals surface area contributed by atoms with E-state index in [1.807, 2.05) is 0 Å². The summed E-state index contributed by atoms with van der Waals surface area (Å²) in [5, 5.41) is 0. The van der Waals surface area contributed by atoms with Gasteiger partial charge < -0.3 is 0 Å². The van der Waals surface area contributed by atoms with Crippen LogP contribution in [0.5, 0.6) is 0 Å². The molecule has 0 N–H and O–H groups in total. The summed E-state index contributed by atoms with van der Waals surface area (Å²) in [6.45, 7) is 4.21. The third-order valence-electron chi connectivity index (χ3n) is 1.41. The van der Waals surface area contributed by atoms with Gasteiger partial charge in [-0.1, -0.05) is 26.7 Å². The van der Waals surface area contributed by atoms with Gasteiger partial charge in [0.15, 0.2) is 0 Å². The van der Waals surface area contributed by atoms with Crippen molar-refractivity contribution < 1.29 is 9.09 Å². The molecule has 0 saturated carbocycles. The van der Waals surface area contributed by atoms with E-state index in [1.54, 1.807) is 0 Å². The van der Waals surface area contributed by atoms with E-state index in [2.05, 4.69) is 13.8 Å². The summed E-state index contributed by atoms with van der Waals surface area (Å²) in [5.41, 5.74) is 0.